The largest absolute Gasteiger partial charge is 0.382 e. The molecule has 1 saturated heterocycles. The Morgan fingerprint density at radius 3 is 3.15 bits per heavy atom. The first-order valence-electron chi connectivity index (χ1n) is 7.01. The lowest BCUT2D eigenvalue weighted by Gasteiger charge is -2.33. The summed E-state index contributed by atoms with van der Waals surface area (Å²) in [7, 11) is 1.60. The smallest absolute Gasteiger partial charge is 0.257 e. The van der Waals surface area contributed by atoms with Crippen LogP contribution in [0.15, 0.2) is 0 Å². The van der Waals surface area contributed by atoms with E-state index in [-0.39, 0.29) is 12.0 Å². The van der Waals surface area contributed by atoms with Gasteiger partial charge in [-0.15, -0.1) is 0 Å². The molecule has 0 spiro atoms. The molecule has 1 amide bonds. The predicted octanol–water partition coefficient (Wildman–Crippen LogP) is 1.48. The Morgan fingerprint density at radius 1 is 1.65 bits per heavy atom. The van der Waals surface area contributed by atoms with Gasteiger partial charge >= 0.3 is 0 Å². The van der Waals surface area contributed by atoms with Gasteiger partial charge in [-0.05, 0) is 30.8 Å². The van der Waals surface area contributed by atoms with Crippen molar-refractivity contribution in [1.29, 1.82) is 0 Å². The number of nitrogens with zero attached hydrogens (tertiary/aromatic N) is 2. The van der Waals surface area contributed by atoms with E-state index in [0.717, 1.165) is 44.0 Å². The van der Waals surface area contributed by atoms with Crippen molar-refractivity contribution in [2.75, 3.05) is 37.4 Å². The molecule has 1 unspecified atom stereocenters. The highest BCUT2D eigenvalue weighted by Gasteiger charge is 2.27. The SMILES string of the molecule is CCCOC1CCCN(c2snc(N)c2C(=O)NC)C1. The maximum absolute atomic E-state index is 11.9. The van der Waals surface area contributed by atoms with E-state index < -0.39 is 0 Å². The first-order chi connectivity index (χ1) is 9.67. The Kier molecular flexibility index (Phi) is 5.19. The summed E-state index contributed by atoms with van der Waals surface area (Å²) in [6.45, 7) is 4.60. The van der Waals surface area contributed by atoms with Gasteiger partial charge in [0.25, 0.3) is 5.91 Å². The van der Waals surface area contributed by atoms with Gasteiger partial charge in [-0.3, -0.25) is 4.79 Å². The molecule has 2 rings (SSSR count). The first kappa shape index (κ1) is 15.1. The Bertz CT molecular complexity index is 463. The second-order valence-electron chi connectivity index (χ2n) is 4.91. The molecule has 3 N–H and O–H groups in total. The van der Waals surface area contributed by atoms with Gasteiger partial charge in [-0.25, -0.2) is 0 Å². The molecule has 0 aliphatic carbocycles. The van der Waals surface area contributed by atoms with E-state index in [1.807, 2.05) is 0 Å². The molecular weight excluding hydrogens is 276 g/mol. The molecule has 0 radical (unpaired) electrons. The van der Waals surface area contributed by atoms with E-state index in [1.165, 1.54) is 11.5 Å². The maximum atomic E-state index is 11.9. The highest BCUT2D eigenvalue weighted by atomic mass is 32.1. The van der Waals surface area contributed by atoms with E-state index in [4.69, 9.17) is 10.5 Å². The van der Waals surface area contributed by atoms with E-state index in [1.54, 1.807) is 7.05 Å². The van der Waals surface area contributed by atoms with Gasteiger partial charge in [0.2, 0.25) is 0 Å². The highest BCUT2D eigenvalue weighted by Crippen LogP contribution is 2.32. The molecule has 7 heteroatoms. The molecular formula is C13H22N4O2S. The number of nitrogens with one attached hydrogen (secondary N) is 1. The molecule has 6 nitrogen and oxygen atoms in total. The zero-order valence-corrected chi connectivity index (χ0v) is 12.8. The standard InChI is InChI=1S/C13H22N4O2S/c1-3-7-19-9-5-4-6-17(8-9)13-10(12(18)15-2)11(14)16-20-13/h9H,3-8H2,1-2H3,(H2,14,16)(H,15,18). The molecule has 1 aliphatic heterocycles. The quantitative estimate of drug-likeness (QED) is 0.860. The van der Waals surface area contributed by atoms with Crippen LogP contribution in [0.25, 0.3) is 0 Å². The van der Waals surface area contributed by atoms with Gasteiger partial charge in [0.15, 0.2) is 5.82 Å². The van der Waals surface area contributed by atoms with Crippen molar-refractivity contribution >= 4 is 28.3 Å². The normalized spacial score (nSPS) is 19.1. The number of carbonyl (C=O) groups excluding carboxylic acids is 1. The van der Waals surface area contributed by atoms with Crippen molar-refractivity contribution < 1.29 is 9.53 Å². The van der Waals surface area contributed by atoms with Crippen LogP contribution in [0.5, 0.6) is 0 Å². The monoisotopic (exact) mass is 298 g/mol. The Balaban J connectivity index is 2.13. The maximum Gasteiger partial charge on any atom is 0.257 e. The number of hydrogen-bond donors (Lipinski definition) is 2. The number of aromatic nitrogens is 1. The van der Waals surface area contributed by atoms with Gasteiger partial charge in [0.1, 0.15) is 10.6 Å². The van der Waals surface area contributed by atoms with Crippen LogP contribution in [0.2, 0.25) is 0 Å². The minimum absolute atomic E-state index is 0.178. The summed E-state index contributed by atoms with van der Waals surface area (Å²) in [4.78, 5) is 14.1. The van der Waals surface area contributed by atoms with E-state index >= 15 is 0 Å². The van der Waals surface area contributed by atoms with Crippen LogP contribution in [-0.2, 0) is 4.74 Å². The zero-order chi connectivity index (χ0) is 14.5. The molecule has 1 atom stereocenters. The predicted molar refractivity (Wildman–Crippen MR) is 81.4 cm³/mol. The average Bonchev–Trinajstić information content (AvgIpc) is 2.86. The number of piperidine rings is 1. The Labute approximate surface area is 123 Å². The number of nitrogen functional groups attached to an aromatic ring is 1. The van der Waals surface area contributed by atoms with Crippen LogP contribution in [0.1, 0.15) is 36.5 Å². The molecule has 0 bridgehead atoms. The van der Waals surface area contributed by atoms with E-state index in [2.05, 4.69) is 21.5 Å². The number of amides is 1. The molecule has 1 aromatic heterocycles. The Morgan fingerprint density at radius 2 is 2.45 bits per heavy atom. The third-order valence-electron chi connectivity index (χ3n) is 3.38. The van der Waals surface area contributed by atoms with Crippen molar-refractivity contribution in [3.8, 4) is 0 Å². The Hall–Kier alpha value is -1.34. The van der Waals surface area contributed by atoms with E-state index in [0.29, 0.717) is 11.4 Å². The average molecular weight is 298 g/mol. The fourth-order valence-electron chi connectivity index (χ4n) is 2.39. The van der Waals surface area contributed by atoms with Gasteiger partial charge in [-0.2, -0.15) is 4.37 Å². The zero-order valence-electron chi connectivity index (χ0n) is 12.0. The lowest BCUT2D eigenvalue weighted by Crippen LogP contribution is -2.40. The summed E-state index contributed by atoms with van der Waals surface area (Å²) in [6, 6.07) is 0. The number of hydrogen-bond acceptors (Lipinski definition) is 6. The summed E-state index contributed by atoms with van der Waals surface area (Å²) >= 11 is 1.29. The number of rotatable bonds is 5. The van der Waals surface area contributed by atoms with Crippen LogP contribution in [0, 0.1) is 0 Å². The van der Waals surface area contributed by atoms with Crippen molar-refractivity contribution in [1.82, 2.24) is 9.69 Å². The van der Waals surface area contributed by atoms with Crippen LogP contribution < -0.4 is 16.0 Å². The lowest BCUT2D eigenvalue weighted by molar-refractivity contribution is 0.0441. The fourth-order valence-corrected chi connectivity index (χ4v) is 3.24. The van der Waals surface area contributed by atoms with Gasteiger partial charge in [0.05, 0.1) is 6.10 Å². The number of carbonyl (C=O) groups is 1. The molecule has 112 valence electrons. The number of anilines is 2. The topological polar surface area (TPSA) is 80.5 Å². The molecule has 20 heavy (non-hydrogen) atoms. The summed E-state index contributed by atoms with van der Waals surface area (Å²) in [5.41, 5.74) is 6.31. The summed E-state index contributed by atoms with van der Waals surface area (Å²) in [5.74, 6) is 0.129. The molecule has 1 fully saturated rings. The first-order valence-corrected chi connectivity index (χ1v) is 7.78. The highest BCUT2D eigenvalue weighted by molar-refractivity contribution is 7.11. The fraction of sp³-hybridized carbons (Fsp3) is 0.692. The third-order valence-corrected chi connectivity index (χ3v) is 4.30. The molecule has 1 aliphatic rings. The van der Waals surface area contributed by atoms with Gasteiger partial charge in [0, 0.05) is 26.7 Å². The minimum atomic E-state index is -0.178. The lowest BCUT2D eigenvalue weighted by atomic mass is 10.1. The van der Waals surface area contributed by atoms with Crippen LogP contribution in [0.4, 0.5) is 10.8 Å². The van der Waals surface area contributed by atoms with Crippen LogP contribution >= 0.6 is 11.5 Å². The number of nitrogens with two attached hydrogens (primary N) is 1. The third kappa shape index (κ3) is 3.21. The molecule has 0 saturated carbocycles. The summed E-state index contributed by atoms with van der Waals surface area (Å²) < 4.78 is 9.95. The molecule has 2 heterocycles. The molecule has 1 aromatic rings. The second kappa shape index (κ2) is 6.90. The summed E-state index contributed by atoms with van der Waals surface area (Å²) in [5, 5.41) is 3.48. The second-order valence-corrected chi connectivity index (χ2v) is 5.66. The van der Waals surface area contributed by atoms with E-state index in [9.17, 15) is 4.79 Å². The van der Waals surface area contributed by atoms with Crippen molar-refractivity contribution in [2.24, 2.45) is 0 Å². The molecule has 0 aromatic carbocycles. The van der Waals surface area contributed by atoms with Crippen LogP contribution in [0.3, 0.4) is 0 Å². The van der Waals surface area contributed by atoms with Gasteiger partial charge in [-0.1, -0.05) is 6.92 Å². The van der Waals surface area contributed by atoms with Crippen molar-refractivity contribution in [3.63, 3.8) is 0 Å². The van der Waals surface area contributed by atoms with Gasteiger partial charge < -0.3 is 20.7 Å². The summed E-state index contributed by atoms with van der Waals surface area (Å²) in [6.07, 6.45) is 3.37. The van der Waals surface area contributed by atoms with Crippen LogP contribution in [-0.4, -0.2) is 43.1 Å². The minimum Gasteiger partial charge on any atom is -0.382 e. The van der Waals surface area contributed by atoms with Crippen molar-refractivity contribution in [2.45, 2.75) is 32.3 Å². The number of ether oxygens (including phenoxy) is 1. The van der Waals surface area contributed by atoms with Crippen molar-refractivity contribution in [3.05, 3.63) is 5.56 Å².